The summed E-state index contributed by atoms with van der Waals surface area (Å²) < 4.78 is 5.24. The number of hydrogen-bond donors (Lipinski definition) is 1. The average molecular weight is 244 g/mol. The lowest BCUT2D eigenvalue weighted by Crippen LogP contribution is -2.10. The molecule has 0 fully saturated rings. The molecule has 1 N–H and O–H groups in total. The SMILES string of the molecule is O=C(OCc1ccccc1)C1=CC=C(CO)CC1. The van der Waals surface area contributed by atoms with Crippen molar-refractivity contribution in [2.24, 2.45) is 0 Å². The van der Waals surface area contributed by atoms with Crippen LogP contribution in [0.2, 0.25) is 0 Å². The van der Waals surface area contributed by atoms with Crippen LogP contribution in [0.4, 0.5) is 0 Å². The van der Waals surface area contributed by atoms with Gasteiger partial charge in [0.1, 0.15) is 6.61 Å². The standard InChI is InChI=1S/C15H16O3/c16-10-12-6-8-14(9-7-12)15(17)18-11-13-4-2-1-3-5-13/h1-6,8,16H,7,9-11H2. The number of hydrogen-bond acceptors (Lipinski definition) is 3. The molecule has 0 heterocycles. The quantitative estimate of drug-likeness (QED) is 0.827. The van der Waals surface area contributed by atoms with E-state index in [9.17, 15) is 4.79 Å². The molecule has 0 bridgehead atoms. The summed E-state index contributed by atoms with van der Waals surface area (Å²) in [5.74, 6) is -0.271. The van der Waals surface area contributed by atoms with Crippen LogP contribution in [0, 0.1) is 0 Å². The Balaban J connectivity index is 1.90. The molecule has 0 aliphatic heterocycles. The highest BCUT2D eigenvalue weighted by atomic mass is 16.5. The van der Waals surface area contributed by atoms with Crippen LogP contribution < -0.4 is 0 Å². The zero-order valence-electron chi connectivity index (χ0n) is 10.1. The van der Waals surface area contributed by atoms with Gasteiger partial charge < -0.3 is 9.84 Å². The molecule has 0 saturated heterocycles. The highest BCUT2D eigenvalue weighted by Crippen LogP contribution is 2.19. The Morgan fingerprint density at radius 2 is 1.94 bits per heavy atom. The minimum atomic E-state index is -0.271. The van der Waals surface area contributed by atoms with E-state index < -0.39 is 0 Å². The van der Waals surface area contributed by atoms with E-state index in [-0.39, 0.29) is 12.6 Å². The molecule has 2 rings (SSSR count). The zero-order chi connectivity index (χ0) is 12.8. The van der Waals surface area contributed by atoms with Crippen molar-refractivity contribution in [3.63, 3.8) is 0 Å². The number of carbonyl (C=O) groups is 1. The molecule has 94 valence electrons. The summed E-state index contributed by atoms with van der Waals surface area (Å²) in [6, 6.07) is 9.60. The first kappa shape index (κ1) is 12.6. The van der Waals surface area contributed by atoms with E-state index >= 15 is 0 Å². The van der Waals surface area contributed by atoms with Gasteiger partial charge in [-0.3, -0.25) is 0 Å². The first-order valence-corrected chi connectivity index (χ1v) is 6.00. The Labute approximate surface area is 106 Å². The number of aliphatic hydroxyl groups is 1. The van der Waals surface area contributed by atoms with Gasteiger partial charge in [0.25, 0.3) is 0 Å². The molecule has 1 aromatic carbocycles. The van der Waals surface area contributed by atoms with Gasteiger partial charge in [-0.25, -0.2) is 4.79 Å². The van der Waals surface area contributed by atoms with E-state index in [4.69, 9.17) is 9.84 Å². The highest BCUT2D eigenvalue weighted by Gasteiger charge is 2.14. The summed E-state index contributed by atoms with van der Waals surface area (Å²) in [5, 5.41) is 8.95. The van der Waals surface area contributed by atoms with Crippen molar-refractivity contribution >= 4 is 5.97 Å². The number of rotatable bonds is 4. The molecule has 3 heteroatoms. The number of carbonyl (C=O) groups excluding carboxylic acids is 1. The molecular weight excluding hydrogens is 228 g/mol. The predicted molar refractivity (Wildman–Crippen MR) is 68.7 cm³/mol. The number of aliphatic hydroxyl groups excluding tert-OH is 1. The molecule has 0 saturated carbocycles. The van der Waals surface area contributed by atoms with Crippen molar-refractivity contribution in [1.29, 1.82) is 0 Å². The van der Waals surface area contributed by atoms with Gasteiger partial charge >= 0.3 is 5.97 Å². The van der Waals surface area contributed by atoms with Crippen molar-refractivity contribution < 1.29 is 14.6 Å². The maximum atomic E-state index is 11.8. The van der Waals surface area contributed by atoms with Crippen LogP contribution in [-0.4, -0.2) is 17.7 Å². The van der Waals surface area contributed by atoms with Crippen molar-refractivity contribution in [2.45, 2.75) is 19.4 Å². The van der Waals surface area contributed by atoms with Gasteiger partial charge in [-0.05, 0) is 24.0 Å². The van der Waals surface area contributed by atoms with Crippen molar-refractivity contribution in [2.75, 3.05) is 6.61 Å². The van der Waals surface area contributed by atoms with E-state index in [1.807, 2.05) is 30.3 Å². The normalized spacial score (nSPS) is 14.7. The van der Waals surface area contributed by atoms with Crippen molar-refractivity contribution in [3.8, 4) is 0 Å². The minimum Gasteiger partial charge on any atom is -0.457 e. The Bertz CT molecular complexity index is 472. The molecule has 3 nitrogen and oxygen atoms in total. The van der Waals surface area contributed by atoms with Gasteiger partial charge in [-0.15, -0.1) is 0 Å². The third-order valence-corrected chi connectivity index (χ3v) is 2.91. The van der Waals surface area contributed by atoms with Crippen molar-refractivity contribution in [1.82, 2.24) is 0 Å². The summed E-state index contributed by atoms with van der Waals surface area (Å²) in [5.41, 5.74) is 2.60. The Hall–Kier alpha value is -1.87. The molecule has 0 unspecified atom stereocenters. The number of ether oxygens (including phenoxy) is 1. The Kier molecular flexibility index (Phi) is 4.31. The van der Waals surface area contributed by atoms with Gasteiger partial charge in [-0.1, -0.05) is 42.5 Å². The largest absolute Gasteiger partial charge is 0.457 e. The van der Waals surface area contributed by atoms with E-state index in [2.05, 4.69) is 0 Å². The Morgan fingerprint density at radius 3 is 2.56 bits per heavy atom. The third kappa shape index (κ3) is 3.31. The number of benzene rings is 1. The van der Waals surface area contributed by atoms with E-state index in [0.717, 1.165) is 17.6 Å². The molecule has 0 amide bonds. The van der Waals surface area contributed by atoms with Crippen LogP contribution in [0.15, 0.2) is 53.6 Å². The lowest BCUT2D eigenvalue weighted by atomic mass is 9.99. The first-order chi connectivity index (χ1) is 8.79. The average Bonchev–Trinajstić information content (AvgIpc) is 2.46. The monoisotopic (exact) mass is 244 g/mol. The summed E-state index contributed by atoms with van der Waals surface area (Å²) >= 11 is 0. The van der Waals surface area contributed by atoms with Gasteiger partial charge in [-0.2, -0.15) is 0 Å². The maximum absolute atomic E-state index is 11.8. The molecular formula is C15H16O3. The molecule has 0 atom stereocenters. The fraction of sp³-hybridized carbons (Fsp3) is 0.267. The summed E-state index contributed by atoms with van der Waals surface area (Å²) in [6.45, 7) is 0.358. The zero-order valence-corrected chi connectivity index (χ0v) is 10.1. The van der Waals surface area contributed by atoms with Crippen LogP contribution in [-0.2, 0) is 16.1 Å². The van der Waals surface area contributed by atoms with Crippen LogP contribution in [0.5, 0.6) is 0 Å². The second-order valence-electron chi connectivity index (χ2n) is 4.24. The molecule has 0 aromatic heterocycles. The number of allylic oxidation sites excluding steroid dienone is 2. The summed E-state index contributed by atoms with van der Waals surface area (Å²) in [7, 11) is 0. The van der Waals surface area contributed by atoms with Gasteiger partial charge in [0.2, 0.25) is 0 Å². The second kappa shape index (κ2) is 6.17. The van der Waals surface area contributed by atoms with Gasteiger partial charge in [0, 0.05) is 5.57 Å². The first-order valence-electron chi connectivity index (χ1n) is 6.00. The van der Waals surface area contributed by atoms with E-state index in [1.165, 1.54) is 0 Å². The molecule has 1 aliphatic rings. The van der Waals surface area contributed by atoms with Crippen LogP contribution >= 0.6 is 0 Å². The highest BCUT2D eigenvalue weighted by molar-refractivity contribution is 5.89. The topological polar surface area (TPSA) is 46.5 Å². The van der Waals surface area contributed by atoms with E-state index in [0.29, 0.717) is 18.6 Å². The smallest absolute Gasteiger partial charge is 0.334 e. The van der Waals surface area contributed by atoms with Gasteiger partial charge in [0.15, 0.2) is 0 Å². The molecule has 0 spiro atoms. The fourth-order valence-corrected chi connectivity index (χ4v) is 1.80. The fourth-order valence-electron chi connectivity index (χ4n) is 1.80. The van der Waals surface area contributed by atoms with Gasteiger partial charge in [0.05, 0.1) is 6.61 Å². The lowest BCUT2D eigenvalue weighted by Gasteiger charge is -2.12. The summed E-state index contributed by atoms with van der Waals surface area (Å²) in [6.07, 6.45) is 4.90. The minimum absolute atomic E-state index is 0.0584. The van der Waals surface area contributed by atoms with Crippen LogP contribution in [0.3, 0.4) is 0 Å². The van der Waals surface area contributed by atoms with Crippen LogP contribution in [0.1, 0.15) is 18.4 Å². The number of esters is 1. The lowest BCUT2D eigenvalue weighted by molar-refractivity contribution is -0.140. The van der Waals surface area contributed by atoms with Crippen molar-refractivity contribution in [3.05, 3.63) is 59.2 Å². The second-order valence-corrected chi connectivity index (χ2v) is 4.24. The van der Waals surface area contributed by atoms with Crippen LogP contribution in [0.25, 0.3) is 0 Å². The molecule has 18 heavy (non-hydrogen) atoms. The predicted octanol–water partition coefficient (Wildman–Crippen LogP) is 2.37. The summed E-state index contributed by atoms with van der Waals surface area (Å²) in [4.78, 5) is 11.8. The third-order valence-electron chi connectivity index (χ3n) is 2.91. The molecule has 1 aromatic rings. The molecule has 1 aliphatic carbocycles. The van der Waals surface area contributed by atoms with E-state index in [1.54, 1.807) is 12.2 Å². The molecule has 0 radical (unpaired) electrons. The Morgan fingerprint density at radius 1 is 1.17 bits per heavy atom. The maximum Gasteiger partial charge on any atom is 0.334 e.